The van der Waals surface area contributed by atoms with Gasteiger partial charge in [-0.3, -0.25) is 9.79 Å². The maximum atomic E-state index is 11.5. The van der Waals surface area contributed by atoms with E-state index in [2.05, 4.69) is 100 Å². The number of halogens is 2. The van der Waals surface area contributed by atoms with Crippen molar-refractivity contribution in [1.29, 1.82) is 0 Å². The molecule has 2 aliphatic rings. The Hall–Kier alpha value is -3.02. The molecule has 3 nitrogen and oxygen atoms in total. The maximum Gasteiger partial charge on any atom is 0.164 e. The van der Waals surface area contributed by atoms with Gasteiger partial charge in [0.25, 0.3) is 0 Å². The number of aryl methyl sites for hydroxylation is 4. The topological polar surface area (TPSA) is 55.4 Å². The second-order valence-electron chi connectivity index (χ2n) is 13.3. The van der Waals surface area contributed by atoms with E-state index in [1.165, 1.54) is 109 Å². The molecule has 0 saturated heterocycles. The highest BCUT2D eigenvalue weighted by molar-refractivity contribution is 9.10. The van der Waals surface area contributed by atoms with Crippen LogP contribution in [0.3, 0.4) is 0 Å². The minimum Gasteiger partial charge on any atom is -0.399 e. The smallest absolute Gasteiger partial charge is 0.164 e. The first-order chi connectivity index (χ1) is 23.9. The molecule has 6 rings (SSSR count). The highest BCUT2D eigenvalue weighted by Gasteiger charge is 2.19. The number of unbranched alkanes of at least 4 members (excludes halogenated alkanes) is 6. The number of hydrogen-bond donors (Lipinski definition) is 1. The zero-order valence-corrected chi connectivity index (χ0v) is 32.8. The molecule has 0 radical (unpaired) electrons. The van der Waals surface area contributed by atoms with Crippen LogP contribution < -0.4 is 5.73 Å². The third-order valence-electron chi connectivity index (χ3n) is 9.30. The summed E-state index contributed by atoms with van der Waals surface area (Å²) < 4.78 is 2.12. The van der Waals surface area contributed by atoms with Crippen molar-refractivity contribution in [2.75, 3.05) is 5.73 Å². The molecule has 49 heavy (non-hydrogen) atoms. The van der Waals surface area contributed by atoms with E-state index in [0.29, 0.717) is 6.42 Å². The fraction of sp³-hybridized carbons (Fsp3) is 0.409. The molecule has 4 aromatic rings. The number of fused-ring (bicyclic) bond motifs is 2. The predicted molar refractivity (Wildman–Crippen MR) is 218 cm³/mol. The highest BCUT2D eigenvalue weighted by Crippen LogP contribution is 2.31. The van der Waals surface area contributed by atoms with Crippen LogP contribution in [0.25, 0.3) is 0 Å². The van der Waals surface area contributed by atoms with Gasteiger partial charge in [0.15, 0.2) is 5.78 Å². The zero-order valence-electron chi connectivity index (χ0n) is 29.6. The van der Waals surface area contributed by atoms with Gasteiger partial charge in [-0.2, -0.15) is 0 Å². The van der Waals surface area contributed by atoms with Crippen LogP contribution in [0, 0.1) is 0 Å². The molecule has 0 amide bonds. The summed E-state index contributed by atoms with van der Waals surface area (Å²) in [5, 5.41) is 0. The van der Waals surface area contributed by atoms with Gasteiger partial charge in [0, 0.05) is 37.9 Å². The van der Waals surface area contributed by atoms with E-state index >= 15 is 0 Å². The van der Waals surface area contributed by atoms with Crippen molar-refractivity contribution in [3.05, 3.63) is 127 Å². The summed E-state index contributed by atoms with van der Waals surface area (Å²) in [5.41, 5.74) is 16.4. The zero-order chi connectivity index (χ0) is 34.8. The van der Waals surface area contributed by atoms with Crippen LogP contribution >= 0.6 is 31.9 Å². The number of aliphatic imine (C=N–C) groups is 1. The van der Waals surface area contributed by atoms with E-state index in [9.17, 15) is 4.79 Å². The lowest BCUT2D eigenvalue weighted by Crippen LogP contribution is -2.12. The van der Waals surface area contributed by atoms with Gasteiger partial charge in [-0.1, -0.05) is 133 Å². The Morgan fingerprint density at radius 2 is 1.10 bits per heavy atom. The largest absolute Gasteiger partial charge is 0.399 e. The van der Waals surface area contributed by atoms with Gasteiger partial charge in [-0.05, 0) is 116 Å². The number of ketones is 1. The van der Waals surface area contributed by atoms with Gasteiger partial charge >= 0.3 is 0 Å². The fourth-order valence-electron chi connectivity index (χ4n) is 6.53. The Balaban J connectivity index is 0.000000182. The van der Waals surface area contributed by atoms with Crippen molar-refractivity contribution in [2.45, 2.75) is 117 Å². The Kier molecular flexibility index (Phi) is 16.8. The summed E-state index contributed by atoms with van der Waals surface area (Å²) in [6.45, 7) is 4.50. The second kappa shape index (κ2) is 21.3. The molecule has 0 aromatic heterocycles. The van der Waals surface area contributed by atoms with E-state index in [0.717, 1.165) is 47.1 Å². The Bertz CT molecular complexity index is 1630. The third-order valence-corrected chi connectivity index (χ3v) is 10.6. The van der Waals surface area contributed by atoms with Crippen LogP contribution in [0.5, 0.6) is 0 Å². The quantitative estimate of drug-likeness (QED) is 0.122. The molecular weight excluding hydrogens is 732 g/mol. The molecule has 0 aliphatic heterocycles. The molecule has 0 fully saturated rings. The molecule has 0 bridgehead atoms. The van der Waals surface area contributed by atoms with Crippen molar-refractivity contribution >= 4 is 54.7 Å². The summed E-state index contributed by atoms with van der Waals surface area (Å²) in [6.07, 6.45) is 19.1. The summed E-state index contributed by atoms with van der Waals surface area (Å²) in [4.78, 5) is 16.4. The number of nitrogen functional groups attached to an aromatic ring is 1. The van der Waals surface area contributed by atoms with Crippen LogP contribution in [0.15, 0.2) is 98.9 Å². The molecular formula is C44H54Br2N2O. The number of carbonyl (C=O) groups is 1. The van der Waals surface area contributed by atoms with Crippen molar-refractivity contribution in [3.8, 4) is 0 Å². The SMILES string of the molecule is CCCCCCc1ccc(N)cc1.CCCCCCc1ccc(N=C2CCCc3cccc(Br)c32)cc1.O=C1CCCc2cccc(Br)c21. The normalized spacial score (nSPS) is 14.2. The number of nitrogens with two attached hydrogens (primary N) is 1. The van der Waals surface area contributed by atoms with Gasteiger partial charge < -0.3 is 5.73 Å². The summed E-state index contributed by atoms with van der Waals surface area (Å²) in [6, 6.07) is 29.5. The first-order valence-electron chi connectivity index (χ1n) is 18.5. The Morgan fingerprint density at radius 3 is 1.65 bits per heavy atom. The number of benzene rings is 4. The van der Waals surface area contributed by atoms with Gasteiger partial charge in [0.05, 0.1) is 5.69 Å². The predicted octanol–water partition coefficient (Wildman–Crippen LogP) is 13.4. The minimum atomic E-state index is 0.281. The molecule has 0 heterocycles. The van der Waals surface area contributed by atoms with E-state index in [4.69, 9.17) is 10.7 Å². The molecule has 0 unspecified atom stereocenters. The van der Waals surface area contributed by atoms with E-state index < -0.39 is 0 Å². The number of nitrogens with zero attached hydrogens (tertiary/aromatic N) is 1. The van der Waals surface area contributed by atoms with Crippen molar-refractivity contribution in [2.24, 2.45) is 4.99 Å². The summed E-state index contributed by atoms with van der Waals surface area (Å²) in [5.74, 6) is 0.281. The highest BCUT2D eigenvalue weighted by atomic mass is 79.9. The monoisotopic (exact) mass is 784 g/mol. The van der Waals surface area contributed by atoms with Crippen LogP contribution in [-0.2, 0) is 25.7 Å². The standard InChI is InChI=1S/C22H26BrN.C12H19N.C10H9BrO/c1-2-3-4-5-8-17-13-15-19(16-14-17)24-21-12-7-10-18-9-6-11-20(23)22(18)21;1-2-3-4-5-6-11-7-9-12(13)10-8-11;11-8-5-1-3-7-4-2-6-9(12)10(7)8/h6,9,11,13-16H,2-5,7-8,10,12H2,1H3;7-10H,2-6,13H2,1H3;1,3,5H,2,4,6H2. The van der Waals surface area contributed by atoms with Crippen molar-refractivity contribution in [3.63, 3.8) is 0 Å². The fourth-order valence-corrected chi connectivity index (χ4v) is 7.79. The van der Waals surface area contributed by atoms with E-state index in [1.54, 1.807) is 0 Å². The lowest BCUT2D eigenvalue weighted by atomic mass is 9.90. The molecule has 0 saturated carbocycles. The number of anilines is 1. The van der Waals surface area contributed by atoms with Crippen molar-refractivity contribution in [1.82, 2.24) is 0 Å². The summed E-state index contributed by atoms with van der Waals surface area (Å²) >= 11 is 7.11. The van der Waals surface area contributed by atoms with Crippen LogP contribution in [0.4, 0.5) is 11.4 Å². The first-order valence-corrected chi connectivity index (χ1v) is 20.1. The van der Waals surface area contributed by atoms with Gasteiger partial charge in [-0.25, -0.2) is 0 Å². The minimum absolute atomic E-state index is 0.281. The molecule has 0 spiro atoms. The van der Waals surface area contributed by atoms with Crippen LogP contribution in [0.2, 0.25) is 0 Å². The van der Waals surface area contributed by atoms with Gasteiger partial charge in [0.2, 0.25) is 0 Å². The Morgan fingerprint density at radius 1 is 0.592 bits per heavy atom. The molecule has 2 N–H and O–H groups in total. The maximum absolute atomic E-state index is 11.5. The van der Waals surface area contributed by atoms with E-state index in [1.807, 2.05) is 30.3 Å². The number of Topliss-reactive ketones (excluding diaryl/α,β-unsaturated/α-hetero) is 1. The summed E-state index contributed by atoms with van der Waals surface area (Å²) in [7, 11) is 0. The lowest BCUT2D eigenvalue weighted by molar-refractivity contribution is 0.0971. The third kappa shape index (κ3) is 12.7. The number of rotatable bonds is 11. The molecule has 4 aromatic carbocycles. The average Bonchev–Trinajstić information content (AvgIpc) is 3.11. The average molecular weight is 787 g/mol. The van der Waals surface area contributed by atoms with Gasteiger partial charge in [-0.15, -0.1) is 0 Å². The van der Waals surface area contributed by atoms with Crippen LogP contribution in [0.1, 0.15) is 129 Å². The lowest BCUT2D eigenvalue weighted by Gasteiger charge is -2.19. The number of hydrogen-bond acceptors (Lipinski definition) is 3. The number of carbonyl (C=O) groups excluding carboxylic acids is 1. The second-order valence-corrected chi connectivity index (χ2v) is 15.0. The Labute approximate surface area is 312 Å². The molecule has 260 valence electrons. The van der Waals surface area contributed by atoms with Crippen molar-refractivity contribution < 1.29 is 4.79 Å². The molecule has 2 aliphatic carbocycles. The van der Waals surface area contributed by atoms with Gasteiger partial charge in [0.1, 0.15) is 0 Å². The molecule has 0 atom stereocenters. The van der Waals surface area contributed by atoms with Crippen LogP contribution in [-0.4, -0.2) is 11.5 Å². The van der Waals surface area contributed by atoms with E-state index in [-0.39, 0.29) is 5.78 Å². The molecule has 5 heteroatoms. The first kappa shape index (κ1) is 38.8.